The molecule has 0 aliphatic carbocycles. The van der Waals surface area contributed by atoms with Crippen LogP contribution in [0.3, 0.4) is 0 Å². The molecule has 200 valence electrons. The first-order chi connectivity index (χ1) is 17.5. The number of carbonyl (C=O) groups is 2. The Morgan fingerprint density at radius 1 is 1.05 bits per heavy atom. The maximum atomic E-state index is 14.5. The van der Waals surface area contributed by atoms with E-state index in [2.05, 4.69) is 5.32 Å². The fraction of sp³-hybridized carbons (Fsp3) is 0.500. The predicted molar refractivity (Wildman–Crippen MR) is 132 cm³/mol. The predicted octanol–water partition coefficient (Wildman–Crippen LogP) is 4.79. The molecule has 0 aromatic heterocycles. The molecule has 2 fully saturated rings. The van der Waals surface area contributed by atoms with Crippen molar-refractivity contribution in [3.05, 3.63) is 65.7 Å². The van der Waals surface area contributed by atoms with Crippen LogP contribution >= 0.6 is 0 Å². The number of para-hydroxylation sites is 1. The Morgan fingerprint density at radius 2 is 1.68 bits per heavy atom. The number of hydrogen-bond acceptors (Lipinski definition) is 4. The SMILES string of the molecule is CO[C@@](C(=O)N1CCC2(CC1)CC(=O)NC[C@@H]2c1ccccc1OC(C)C)(c1ccccc1)C(F)(F)F. The molecule has 6 nitrogen and oxygen atoms in total. The zero-order valence-electron chi connectivity index (χ0n) is 21.3. The van der Waals surface area contributed by atoms with E-state index in [9.17, 15) is 22.8 Å². The van der Waals surface area contributed by atoms with Gasteiger partial charge in [-0.3, -0.25) is 9.59 Å². The van der Waals surface area contributed by atoms with E-state index in [0.717, 1.165) is 18.4 Å². The fourth-order valence-electron chi connectivity index (χ4n) is 5.81. The summed E-state index contributed by atoms with van der Waals surface area (Å²) in [6.45, 7) is 4.46. The highest BCUT2D eigenvalue weighted by Gasteiger charge is 2.64. The number of hydrogen-bond donors (Lipinski definition) is 1. The lowest BCUT2D eigenvalue weighted by molar-refractivity contribution is -0.271. The van der Waals surface area contributed by atoms with Gasteiger partial charge in [-0.05, 0) is 43.7 Å². The molecule has 2 heterocycles. The van der Waals surface area contributed by atoms with Crippen molar-refractivity contribution in [2.75, 3.05) is 26.7 Å². The minimum absolute atomic E-state index is 0.0442. The molecule has 1 spiro atoms. The molecule has 1 N–H and O–H groups in total. The second-order valence-electron chi connectivity index (χ2n) is 10.1. The van der Waals surface area contributed by atoms with Crippen molar-refractivity contribution in [3.63, 3.8) is 0 Å². The summed E-state index contributed by atoms with van der Waals surface area (Å²) in [5, 5.41) is 2.95. The van der Waals surface area contributed by atoms with Crippen LogP contribution in [-0.4, -0.2) is 55.7 Å². The van der Waals surface area contributed by atoms with E-state index in [0.29, 0.717) is 19.4 Å². The van der Waals surface area contributed by atoms with Gasteiger partial charge in [0, 0.05) is 44.6 Å². The van der Waals surface area contributed by atoms with Crippen molar-refractivity contribution in [3.8, 4) is 5.75 Å². The highest BCUT2D eigenvalue weighted by Crippen LogP contribution is 2.52. The van der Waals surface area contributed by atoms with Gasteiger partial charge in [0.1, 0.15) is 5.75 Å². The Balaban J connectivity index is 1.64. The van der Waals surface area contributed by atoms with Gasteiger partial charge in [0.05, 0.1) is 6.10 Å². The minimum Gasteiger partial charge on any atom is -0.491 e. The molecule has 2 atom stereocenters. The molecule has 2 saturated heterocycles. The number of halogens is 3. The van der Waals surface area contributed by atoms with Crippen molar-refractivity contribution in [1.29, 1.82) is 0 Å². The molecule has 0 radical (unpaired) electrons. The van der Waals surface area contributed by atoms with Gasteiger partial charge in [0.25, 0.3) is 11.5 Å². The van der Waals surface area contributed by atoms with Crippen LogP contribution in [0, 0.1) is 5.41 Å². The molecule has 2 aromatic rings. The molecule has 0 saturated carbocycles. The molecule has 0 bridgehead atoms. The van der Waals surface area contributed by atoms with Crippen molar-refractivity contribution in [2.45, 2.75) is 56.9 Å². The number of nitrogens with zero attached hydrogens (tertiary/aromatic N) is 1. The summed E-state index contributed by atoms with van der Waals surface area (Å²) < 4.78 is 54.4. The highest BCUT2D eigenvalue weighted by atomic mass is 19.4. The van der Waals surface area contributed by atoms with Gasteiger partial charge in [-0.15, -0.1) is 0 Å². The number of methoxy groups -OCH3 is 1. The van der Waals surface area contributed by atoms with Crippen LogP contribution in [-0.2, 0) is 19.9 Å². The first-order valence-electron chi connectivity index (χ1n) is 12.5. The van der Waals surface area contributed by atoms with Crippen LogP contribution in [0.15, 0.2) is 54.6 Å². The maximum Gasteiger partial charge on any atom is 0.430 e. The largest absolute Gasteiger partial charge is 0.491 e. The molecule has 2 aliphatic rings. The summed E-state index contributed by atoms with van der Waals surface area (Å²) in [7, 11) is 0.914. The molecule has 37 heavy (non-hydrogen) atoms. The van der Waals surface area contributed by atoms with Crippen LogP contribution in [0.5, 0.6) is 5.75 Å². The highest BCUT2D eigenvalue weighted by molar-refractivity contribution is 5.88. The number of piperidine rings is 2. The van der Waals surface area contributed by atoms with Gasteiger partial charge in [0.15, 0.2) is 0 Å². The molecule has 2 aromatic carbocycles. The number of alkyl halides is 3. The van der Waals surface area contributed by atoms with Crippen LogP contribution in [0.4, 0.5) is 13.2 Å². The molecular formula is C28H33F3N2O4. The van der Waals surface area contributed by atoms with E-state index in [1.54, 1.807) is 6.07 Å². The average Bonchev–Trinajstić information content (AvgIpc) is 2.85. The van der Waals surface area contributed by atoms with E-state index in [1.165, 1.54) is 29.2 Å². The smallest absolute Gasteiger partial charge is 0.430 e. The molecule has 0 unspecified atom stereocenters. The summed E-state index contributed by atoms with van der Waals surface area (Å²) in [6.07, 6.45) is -3.99. The van der Waals surface area contributed by atoms with Crippen molar-refractivity contribution < 1.29 is 32.2 Å². The Hall–Kier alpha value is -3.07. The van der Waals surface area contributed by atoms with Crippen molar-refractivity contribution >= 4 is 11.8 Å². The minimum atomic E-state index is -4.96. The summed E-state index contributed by atoms with van der Waals surface area (Å²) in [6, 6.07) is 14.7. The van der Waals surface area contributed by atoms with Gasteiger partial charge in [0.2, 0.25) is 5.91 Å². The lowest BCUT2D eigenvalue weighted by Crippen LogP contribution is -2.60. The normalized spacial score (nSPS) is 21.4. The first kappa shape index (κ1) is 27.0. The number of amides is 2. The number of ether oxygens (including phenoxy) is 2. The third-order valence-electron chi connectivity index (χ3n) is 7.65. The summed E-state index contributed by atoms with van der Waals surface area (Å²) >= 11 is 0. The summed E-state index contributed by atoms with van der Waals surface area (Å²) in [4.78, 5) is 27.3. The summed E-state index contributed by atoms with van der Waals surface area (Å²) in [5.41, 5.74) is -2.90. The third kappa shape index (κ3) is 4.93. The molecule has 2 aliphatic heterocycles. The van der Waals surface area contributed by atoms with Crippen molar-refractivity contribution in [2.24, 2.45) is 5.41 Å². The monoisotopic (exact) mass is 518 g/mol. The quantitative estimate of drug-likeness (QED) is 0.597. The Labute approximate surface area is 215 Å². The third-order valence-corrected chi connectivity index (χ3v) is 7.65. The zero-order valence-corrected chi connectivity index (χ0v) is 21.3. The Bertz CT molecular complexity index is 1110. The Kier molecular flexibility index (Phi) is 7.55. The second kappa shape index (κ2) is 10.4. The maximum absolute atomic E-state index is 14.5. The number of benzene rings is 2. The lowest BCUT2D eigenvalue weighted by Gasteiger charge is -2.50. The number of rotatable bonds is 6. The molecule has 9 heteroatoms. The van der Waals surface area contributed by atoms with E-state index in [1.807, 2.05) is 38.1 Å². The topological polar surface area (TPSA) is 67.9 Å². The fourth-order valence-corrected chi connectivity index (χ4v) is 5.81. The van der Waals surface area contributed by atoms with Crippen LogP contribution < -0.4 is 10.1 Å². The molecule has 2 amide bonds. The van der Waals surface area contributed by atoms with Gasteiger partial charge in [-0.25, -0.2) is 0 Å². The van der Waals surface area contributed by atoms with Crippen LogP contribution in [0.2, 0.25) is 0 Å². The number of nitrogens with one attached hydrogen (secondary N) is 1. The van der Waals surface area contributed by atoms with Gasteiger partial charge >= 0.3 is 6.18 Å². The zero-order chi connectivity index (χ0) is 26.8. The first-order valence-corrected chi connectivity index (χ1v) is 12.5. The van der Waals surface area contributed by atoms with Crippen molar-refractivity contribution in [1.82, 2.24) is 10.2 Å². The van der Waals surface area contributed by atoms with E-state index in [4.69, 9.17) is 9.47 Å². The summed E-state index contributed by atoms with van der Waals surface area (Å²) in [5.74, 6) is -0.592. The molecular weight excluding hydrogens is 485 g/mol. The molecule has 4 rings (SSSR count). The van der Waals surface area contributed by atoms with E-state index >= 15 is 0 Å². The van der Waals surface area contributed by atoms with Gasteiger partial charge < -0.3 is 19.7 Å². The standard InChI is InChI=1S/C28H33F3N2O4/c1-19(2)37-23-12-8-7-11-21(23)22-18-32-24(34)17-26(22)13-15-33(16-14-26)25(35)27(36-3,28(29,30)31)20-9-5-4-6-10-20/h4-12,19,22H,13-18H2,1-3H3,(H,32,34)/t22-,27-/m1/s1. The average molecular weight is 519 g/mol. The van der Waals surface area contributed by atoms with Gasteiger partial charge in [-0.1, -0.05) is 48.5 Å². The van der Waals surface area contributed by atoms with Crippen LogP contribution in [0.25, 0.3) is 0 Å². The Morgan fingerprint density at radius 3 is 2.27 bits per heavy atom. The van der Waals surface area contributed by atoms with Crippen LogP contribution in [0.1, 0.15) is 50.2 Å². The number of likely N-dealkylation sites (tertiary alicyclic amines) is 1. The lowest BCUT2D eigenvalue weighted by atomic mass is 9.62. The van der Waals surface area contributed by atoms with E-state index < -0.39 is 23.1 Å². The number of carbonyl (C=O) groups excluding carboxylic acids is 2. The second-order valence-corrected chi connectivity index (χ2v) is 10.1. The van der Waals surface area contributed by atoms with E-state index in [-0.39, 0.29) is 43.0 Å². The van der Waals surface area contributed by atoms with Gasteiger partial charge in [-0.2, -0.15) is 13.2 Å².